The Balaban J connectivity index is 1.00. The van der Waals surface area contributed by atoms with Gasteiger partial charge in [0, 0.05) is 29.9 Å². The number of aromatic amines is 2. The molecular weight excluding hydrogens is 859 g/mol. The fourth-order valence-electron chi connectivity index (χ4n) is 10.4. The van der Waals surface area contributed by atoms with Gasteiger partial charge in [-0.15, -0.1) is 0 Å². The second kappa shape index (κ2) is 19.9. The topological polar surface area (TPSA) is 192 Å². The highest BCUT2D eigenvalue weighted by Gasteiger charge is 2.40. The van der Waals surface area contributed by atoms with E-state index in [4.69, 9.17) is 20.3 Å². The van der Waals surface area contributed by atoms with Crippen LogP contribution in [0.2, 0.25) is 0 Å². The molecular formula is C53H67N9O6. The zero-order valence-electron chi connectivity index (χ0n) is 40.6. The number of likely N-dealkylation sites (tertiary alicyclic amines) is 2. The molecule has 0 bridgehead atoms. The molecule has 0 aliphatic carbocycles. The van der Waals surface area contributed by atoms with Crippen molar-refractivity contribution in [3.05, 3.63) is 113 Å². The second-order valence-electron chi connectivity index (χ2n) is 20.3. The van der Waals surface area contributed by atoms with Crippen LogP contribution < -0.4 is 16.0 Å². The number of ether oxygens (including phenoxy) is 2. The Morgan fingerprint density at radius 2 is 1.16 bits per heavy atom. The van der Waals surface area contributed by atoms with Crippen molar-refractivity contribution in [1.29, 1.82) is 0 Å². The van der Waals surface area contributed by atoms with Crippen LogP contribution in [0.3, 0.4) is 0 Å². The third kappa shape index (κ3) is 9.98. The molecule has 5 N–H and O–H groups in total. The van der Waals surface area contributed by atoms with E-state index < -0.39 is 24.3 Å². The predicted molar refractivity (Wildman–Crippen MR) is 261 cm³/mol. The minimum Gasteiger partial charge on any atom is -0.453 e. The van der Waals surface area contributed by atoms with E-state index in [0.717, 1.165) is 72.4 Å². The molecule has 3 aliphatic heterocycles. The van der Waals surface area contributed by atoms with Gasteiger partial charge < -0.3 is 35.2 Å². The van der Waals surface area contributed by atoms with Gasteiger partial charge in [-0.25, -0.2) is 9.59 Å². The fraction of sp³-hybridized carbons (Fsp3) is 0.472. The van der Waals surface area contributed by atoms with Crippen LogP contribution in [0.4, 0.5) is 15.3 Å². The van der Waals surface area contributed by atoms with E-state index in [2.05, 4.69) is 119 Å². The molecule has 1 unspecified atom stereocenters. The smallest absolute Gasteiger partial charge is 0.407 e. The Hall–Kier alpha value is -6.64. The average molecular weight is 926 g/mol. The lowest BCUT2D eigenvalue weighted by molar-refractivity contribution is -0.143. The van der Waals surface area contributed by atoms with Crippen molar-refractivity contribution in [3.8, 4) is 22.5 Å². The first kappa shape index (κ1) is 47.8. The summed E-state index contributed by atoms with van der Waals surface area (Å²) in [5, 5.41) is 18.6. The summed E-state index contributed by atoms with van der Waals surface area (Å²) < 4.78 is 10.1. The molecule has 15 nitrogen and oxygen atoms in total. The summed E-state index contributed by atoms with van der Waals surface area (Å²) in [5.41, 5.74) is 15.5. The number of rotatable bonds is 13. The van der Waals surface area contributed by atoms with Gasteiger partial charge in [-0.2, -0.15) is 10.2 Å². The zero-order valence-corrected chi connectivity index (χ0v) is 40.6. The number of nitrogens with two attached hydrogens (primary N) is 1. The number of methoxy groups -OCH3 is 1. The fourth-order valence-corrected chi connectivity index (χ4v) is 10.4. The Labute approximate surface area is 399 Å². The minimum atomic E-state index is -0.955. The molecule has 5 heterocycles. The van der Waals surface area contributed by atoms with Crippen molar-refractivity contribution < 1.29 is 28.7 Å². The lowest BCUT2D eigenvalue weighted by Gasteiger charge is -2.34. The summed E-state index contributed by atoms with van der Waals surface area (Å²) >= 11 is 0. The highest BCUT2D eigenvalue weighted by molar-refractivity contribution is 5.86. The van der Waals surface area contributed by atoms with Crippen LogP contribution in [-0.2, 0) is 24.5 Å². The molecule has 0 radical (unpaired) electrons. The molecule has 0 spiro atoms. The standard InChI is InChI=1S/C53H67N9O6/c1-31(2)47(55-52(66)67-8)49(63)60-27-9-11-45(60)41-29-39(56-58-41)33-13-17-35(18-14-33)43-25-26-44(62(43)38-23-21-37(22-24-38)53(5,6)7)36-19-15-34(16-20-36)40-30-42(59-57-40)46-12-10-28-61(46)50(64)48(32(3)4)68-51(54)65/h13-24,29-32,43-48H,9-12,25-28H2,1-8H3,(H2,54,65)(H,55,66)(H,56,58)(H,57,59)/t43-,44+,45-,46-,47-,48?/m0/s1. The van der Waals surface area contributed by atoms with Crippen LogP contribution in [0.25, 0.3) is 22.5 Å². The van der Waals surface area contributed by atoms with Crippen molar-refractivity contribution in [3.63, 3.8) is 0 Å². The molecule has 3 saturated heterocycles. The number of hydrogen-bond donors (Lipinski definition) is 4. The number of nitrogens with one attached hydrogen (secondary N) is 3. The molecule has 68 heavy (non-hydrogen) atoms. The Kier molecular flexibility index (Phi) is 14.0. The van der Waals surface area contributed by atoms with E-state index >= 15 is 0 Å². The van der Waals surface area contributed by atoms with Gasteiger partial charge in [0.05, 0.1) is 54.1 Å². The highest BCUT2D eigenvalue weighted by atomic mass is 16.6. The molecule has 3 fully saturated rings. The van der Waals surface area contributed by atoms with E-state index in [1.54, 1.807) is 4.90 Å². The monoisotopic (exact) mass is 926 g/mol. The van der Waals surface area contributed by atoms with E-state index in [0.29, 0.717) is 13.1 Å². The van der Waals surface area contributed by atoms with Gasteiger partial charge in [-0.1, -0.05) is 109 Å². The number of alkyl carbamates (subject to hydrolysis) is 1. The number of benzene rings is 3. The molecule has 360 valence electrons. The quantitative estimate of drug-likeness (QED) is 0.0890. The van der Waals surface area contributed by atoms with E-state index in [9.17, 15) is 19.2 Å². The lowest BCUT2D eigenvalue weighted by Crippen LogP contribution is -2.51. The number of amides is 4. The maximum atomic E-state index is 13.8. The predicted octanol–water partition coefficient (Wildman–Crippen LogP) is 9.67. The SMILES string of the molecule is COC(=O)N[C@H](C(=O)N1CCC[C@H]1c1cc(-c2ccc([C@@H]3CC[C@H](c4ccc(-c5cc([C@@H]6CCCN6C(=O)C(OC(N)=O)C(C)C)[nH]n5)cc4)N3c3ccc(C(C)(C)C)cc3)cc2)n[nH]1)C(C)C. The summed E-state index contributed by atoms with van der Waals surface area (Å²) in [6.07, 6.45) is 2.68. The van der Waals surface area contributed by atoms with Crippen LogP contribution in [0, 0.1) is 11.8 Å². The number of hydrogen-bond acceptors (Lipinski definition) is 9. The number of anilines is 1. The van der Waals surface area contributed by atoms with Gasteiger partial charge in [0.15, 0.2) is 6.10 Å². The molecule has 5 aromatic rings. The summed E-state index contributed by atoms with van der Waals surface area (Å²) in [4.78, 5) is 57.2. The molecule has 8 rings (SSSR count). The molecule has 15 heteroatoms. The normalized spacial score (nSPS) is 20.5. The van der Waals surface area contributed by atoms with E-state index in [-0.39, 0.29) is 53.2 Å². The number of carbonyl (C=O) groups is 4. The van der Waals surface area contributed by atoms with Gasteiger partial charge in [-0.3, -0.25) is 19.8 Å². The summed E-state index contributed by atoms with van der Waals surface area (Å²) in [6, 6.07) is 29.7. The van der Waals surface area contributed by atoms with Gasteiger partial charge in [0.25, 0.3) is 5.91 Å². The highest BCUT2D eigenvalue weighted by Crippen LogP contribution is 2.48. The molecule has 4 amide bonds. The van der Waals surface area contributed by atoms with Gasteiger partial charge in [-0.05, 0) is 96.7 Å². The first-order valence-electron chi connectivity index (χ1n) is 24.1. The maximum Gasteiger partial charge on any atom is 0.407 e. The number of carbonyl (C=O) groups excluding carboxylic acids is 4. The van der Waals surface area contributed by atoms with Crippen molar-refractivity contribution >= 4 is 29.7 Å². The minimum absolute atomic E-state index is 0.0253. The molecule has 2 aromatic heterocycles. The Bertz CT molecular complexity index is 2560. The maximum absolute atomic E-state index is 13.8. The average Bonchev–Trinajstić information content (AvgIpc) is 4.18. The third-order valence-electron chi connectivity index (χ3n) is 14.1. The summed E-state index contributed by atoms with van der Waals surface area (Å²) in [5.74, 6) is -0.693. The Morgan fingerprint density at radius 1 is 0.676 bits per heavy atom. The third-order valence-corrected chi connectivity index (χ3v) is 14.1. The van der Waals surface area contributed by atoms with E-state index in [1.165, 1.54) is 29.5 Å². The van der Waals surface area contributed by atoms with Crippen LogP contribution in [-0.4, -0.2) is 86.5 Å². The largest absolute Gasteiger partial charge is 0.453 e. The lowest BCUT2D eigenvalue weighted by atomic mass is 9.87. The number of primary amides is 1. The summed E-state index contributed by atoms with van der Waals surface area (Å²) in [7, 11) is 1.30. The van der Waals surface area contributed by atoms with Crippen molar-refractivity contribution in [2.75, 3.05) is 25.1 Å². The van der Waals surface area contributed by atoms with Gasteiger partial charge in [0.1, 0.15) is 6.04 Å². The van der Waals surface area contributed by atoms with Crippen molar-refractivity contribution in [1.82, 2.24) is 35.5 Å². The molecule has 0 saturated carbocycles. The van der Waals surface area contributed by atoms with Gasteiger partial charge >= 0.3 is 12.2 Å². The van der Waals surface area contributed by atoms with Crippen LogP contribution in [0.1, 0.15) is 139 Å². The van der Waals surface area contributed by atoms with Crippen LogP contribution in [0.5, 0.6) is 0 Å². The van der Waals surface area contributed by atoms with Crippen molar-refractivity contribution in [2.24, 2.45) is 17.6 Å². The molecule has 3 aromatic carbocycles. The number of aromatic nitrogens is 4. The summed E-state index contributed by atoms with van der Waals surface area (Å²) in [6.45, 7) is 15.4. The molecule has 6 atom stereocenters. The van der Waals surface area contributed by atoms with Crippen LogP contribution in [0.15, 0.2) is 84.9 Å². The zero-order chi connectivity index (χ0) is 48.4. The van der Waals surface area contributed by atoms with Crippen molar-refractivity contribution in [2.45, 2.75) is 129 Å². The number of H-pyrrole nitrogens is 2. The Morgan fingerprint density at radius 3 is 1.59 bits per heavy atom. The number of nitrogens with zero attached hydrogens (tertiary/aromatic N) is 5. The first-order valence-corrected chi connectivity index (χ1v) is 24.1. The van der Waals surface area contributed by atoms with Crippen LogP contribution >= 0.6 is 0 Å². The van der Waals surface area contributed by atoms with E-state index in [1.807, 2.05) is 44.7 Å². The first-order chi connectivity index (χ1) is 32.5. The van der Waals surface area contributed by atoms with Gasteiger partial charge in [0.2, 0.25) is 5.91 Å². The molecule has 3 aliphatic rings. The second-order valence-corrected chi connectivity index (χ2v) is 20.3.